The molecular weight excluding hydrogens is 752 g/mol. The highest BCUT2D eigenvalue weighted by Gasteiger charge is 2.22. The van der Waals surface area contributed by atoms with Crippen LogP contribution in [0.1, 0.15) is 40.5 Å². The van der Waals surface area contributed by atoms with E-state index in [0.717, 1.165) is 0 Å². The lowest BCUT2D eigenvalue weighted by Gasteiger charge is -2.21. The summed E-state index contributed by atoms with van der Waals surface area (Å²) in [5.41, 5.74) is 16.0. The number of ether oxygens (including phenoxy) is 7. The molecule has 0 aliphatic carbocycles. The topological polar surface area (TPSA) is 296 Å². The predicted octanol–water partition coefficient (Wildman–Crippen LogP) is -3.37. The number of hydrogen-bond acceptors (Lipinski definition) is 15. The van der Waals surface area contributed by atoms with Crippen LogP contribution in [0.2, 0.25) is 0 Å². The van der Waals surface area contributed by atoms with Crippen molar-refractivity contribution in [3.63, 3.8) is 0 Å². The van der Waals surface area contributed by atoms with E-state index >= 15 is 0 Å². The molecule has 21 heteroatoms. The number of amides is 6. The summed E-state index contributed by atoms with van der Waals surface area (Å²) in [7, 11) is 0. The SMILES string of the molecule is CC(C)[C@H](NC(=O)CCOCCOCCNC(=O)CN(CCOCCOCCOCCN)CC(=O)NCCOCCOCCC(=O)N[C@H](C(N)=O)C(C)C)C(N)=O. The van der Waals surface area contributed by atoms with Gasteiger partial charge in [0.05, 0.1) is 106 Å². The van der Waals surface area contributed by atoms with Gasteiger partial charge >= 0.3 is 0 Å². The van der Waals surface area contributed by atoms with Gasteiger partial charge in [-0.05, 0) is 11.8 Å². The summed E-state index contributed by atoms with van der Waals surface area (Å²) >= 11 is 0. The second-order valence-electron chi connectivity index (χ2n) is 13.4. The zero-order valence-corrected chi connectivity index (χ0v) is 34.4. The van der Waals surface area contributed by atoms with Crippen LogP contribution in [0.25, 0.3) is 0 Å². The van der Waals surface area contributed by atoms with Gasteiger partial charge in [0.1, 0.15) is 12.1 Å². The predicted molar refractivity (Wildman–Crippen MR) is 208 cm³/mol. The highest BCUT2D eigenvalue weighted by atomic mass is 16.5. The highest BCUT2D eigenvalue weighted by Crippen LogP contribution is 2.02. The first-order valence-electron chi connectivity index (χ1n) is 19.5. The standard InChI is InChI=1S/C36H70N8O13/c1-27(2)33(35(38)49)42-29(45)5-11-51-17-20-54-14-8-40-31(47)25-44(10-16-56-22-24-57-23-19-53-13-7-37)26-32(48)41-9-15-55-21-18-52-12-6-30(46)43-34(28(3)4)36(39)50/h27-28,33-34H,5-26,37H2,1-4H3,(H2,38,49)(H2,39,50)(H,40,47)(H,41,48)(H,42,45)(H,43,46)/t33-,34-/m0/s1. The van der Waals surface area contributed by atoms with Gasteiger partial charge in [0.15, 0.2) is 0 Å². The van der Waals surface area contributed by atoms with Crippen molar-refractivity contribution in [1.82, 2.24) is 26.2 Å². The van der Waals surface area contributed by atoms with Crippen LogP contribution < -0.4 is 38.5 Å². The van der Waals surface area contributed by atoms with E-state index in [-0.39, 0.29) is 134 Å². The van der Waals surface area contributed by atoms with Crippen LogP contribution in [0.3, 0.4) is 0 Å². The van der Waals surface area contributed by atoms with Gasteiger partial charge in [-0.2, -0.15) is 0 Å². The molecule has 0 unspecified atom stereocenters. The van der Waals surface area contributed by atoms with Gasteiger partial charge in [-0.1, -0.05) is 27.7 Å². The van der Waals surface area contributed by atoms with Crippen molar-refractivity contribution < 1.29 is 61.9 Å². The lowest BCUT2D eigenvalue weighted by atomic mass is 10.0. The van der Waals surface area contributed by atoms with Crippen molar-refractivity contribution in [2.45, 2.75) is 52.6 Å². The van der Waals surface area contributed by atoms with Crippen LogP contribution in [-0.4, -0.2) is 184 Å². The number of rotatable bonds is 39. The van der Waals surface area contributed by atoms with E-state index in [1.165, 1.54) is 0 Å². The molecular formula is C36H70N8O13. The van der Waals surface area contributed by atoms with Crippen LogP contribution in [0, 0.1) is 11.8 Å². The molecule has 0 aromatic rings. The van der Waals surface area contributed by atoms with Crippen molar-refractivity contribution in [3.05, 3.63) is 0 Å². The van der Waals surface area contributed by atoms with Gasteiger partial charge < -0.3 is 71.6 Å². The van der Waals surface area contributed by atoms with Gasteiger partial charge in [-0.15, -0.1) is 0 Å². The Bertz CT molecular complexity index is 1050. The maximum atomic E-state index is 12.7. The van der Waals surface area contributed by atoms with Crippen LogP contribution in [0.15, 0.2) is 0 Å². The molecule has 332 valence electrons. The Hall–Kier alpha value is -3.54. The van der Waals surface area contributed by atoms with Crippen LogP contribution >= 0.6 is 0 Å². The number of nitrogens with two attached hydrogens (primary N) is 3. The molecule has 2 atom stereocenters. The molecule has 0 aliphatic rings. The summed E-state index contributed by atoms with van der Waals surface area (Å²) in [6.45, 7) is 12.2. The van der Waals surface area contributed by atoms with Gasteiger partial charge in [0, 0.05) is 39.0 Å². The Morgan fingerprint density at radius 2 is 0.807 bits per heavy atom. The molecule has 0 aromatic heterocycles. The molecule has 0 spiro atoms. The molecule has 0 aromatic carbocycles. The Labute approximate surface area is 336 Å². The Balaban J connectivity index is 4.41. The Kier molecular flexibility index (Phi) is 33.4. The molecule has 0 rings (SSSR count). The fourth-order valence-electron chi connectivity index (χ4n) is 4.67. The molecule has 0 radical (unpaired) electrons. The summed E-state index contributed by atoms with van der Waals surface area (Å²) in [6.07, 6.45) is 0.139. The van der Waals surface area contributed by atoms with Crippen molar-refractivity contribution in [2.24, 2.45) is 29.0 Å². The van der Waals surface area contributed by atoms with E-state index in [0.29, 0.717) is 46.1 Å². The van der Waals surface area contributed by atoms with E-state index in [1.807, 2.05) is 0 Å². The number of hydrogen-bond donors (Lipinski definition) is 7. The van der Waals surface area contributed by atoms with E-state index in [1.54, 1.807) is 32.6 Å². The van der Waals surface area contributed by atoms with Gasteiger partial charge in [0.25, 0.3) is 0 Å². The van der Waals surface area contributed by atoms with Gasteiger partial charge in [-0.3, -0.25) is 33.7 Å². The fourth-order valence-corrected chi connectivity index (χ4v) is 4.67. The van der Waals surface area contributed by atoms with Crippen molar-refractivity contribution in [3.8, 4) is 0 Å². The molecule has 0 heterocycles. The van der Waals surface area contributed by atoms with E-state index in [4.69, 9.17) is 50.4 Å². The van der Waals surface area contributed by atoms with Crippen LogP contribution in [0.5, 0.6) is 0 Å². The van der Waals surface area contributed by atoms with Crippen molar-refractivity contribution in [2.75, 3.05) is 132 Å². The second kappa shape index (κ2) is 35.6. The fraction of sp³-hybridized carbons (Fsp3) is 0.833. The molecule has 57 heavy (non-hydrogen) atoms. The summed E-state index contributed by atoms with van der Waals surface area (Å²) in [4.78, 5) is 73.9. The molecule has 0 aliphatic heterocycles. The molecule has 0 saturated carbocycles. The number of nitrogens with one attached hydrogen (secondary N) is 4. The molecule has 0 fully saturated rings. The minimum Gasteiger partial charge on any atom is -0.379 e. The number of carbonyl (C=O) groups is 6. The number of primary amides is 2. The quantitative estimate of drug-likeness (QED) is 0.0298. The third-order valence-electron chi connectivity index (χ3n) is 7.70. The second-order valence-corrected chi connectivity index (χ2v) is 13.4. The normalized spacial score (nSPS) is 12.4. The molecule has 10 N–H and O–H groups in total. The maximum absolute atomic E-state index is 12.7. The number of nitrogens with zero attached hydrogens (tertiary/aromatic N) is 1. The molecule has 0 bridgehead atoms. The first-order valence-corrected chi connectivity index (χ1v) is 19.5. The minimum atomic E-state index is -0.738. The number of carbonyl (C=O) groups excluding carboxylic acids is 6. The van der Waals surface area contributed by atoms with Gasteiger partial charge in [-0.25, -0.2) is 0 Å². The average Bonchev–Trinajstić information content (AvgIpc) is 3.14. The van der Waals surface area contributed by atoms with Crippen LogP contribution in [-0.2, 0) is 61.9 Å². The lowest BCUT2D eigenvalue weighted by Crippen LogP contribution is -2.47. The van der Waals surface area contributed by atoms with Gasteiger partial charge in [0.2, 0.25) is 35.4 Å². The van der Waals surface area contributed by atoms with E-state index in [9.17, 15) is 28.8 Å². The van der Waals surface area contributed by atoms with E-state index in [2.05, 4.69) is 21.3 Å². The zero-order chi connectivity index (χ0) is 42.7. The minimum absolute atomic E-state index is 0.0587. The zero-order valence-electron chi connectivity index (χ0n) is 34.4. The smallest absolute Gasteiger partial charge is 0.240 e. The van der Waals surface area contributed by atoms with Crippen molar-refractivity contribution in [1.29, 1.82) is 0 Å². The third-order valence-corrected chi connectivity index (χ3v) is 7.70. The van der Waals surface area contributed by atoms with Crippen LogP contribution in [0.4, 0.5) is 0 Å². The molecule has 21 nitrogen and oxygen atoms in total. The van der Waals surface area contributed by atoms with E-state index < -0.39 is 23.9 Å². The summed E-state index contributed by atoms with van der Waals surface area (Å²) in [6, 6.07) is -1.48. The third kappa shape index (κ3) is 32.1. The highest BCUT2D eigenvalue weighted by molar-refractivity contribution is 5.87. The maximum Gasteiger partial charge on any atom is 0.240 e. The molecule has 6 amide bonds. The Morgan fingerprint density at radius 3 is 1.16 bits per heavy atom. The summed E-state index contributed by atoms with van der Waals surface area (Å²) in [5, 5.41) is 10.7. The molecule has 0 saturated heterocycles. The first kappa shape index (κ1) is 53.5. The largest absolute Gasteiger partial charge is 0.379 e. The summed E-state index contributed by atoms with van der Waals surface area (Å²) in [5.74, 6) is -2.72. The monoisotopic (exact) mass is 823 g/mol. The Morgan fingerprint density at radius 1 is 0.474 bits per heavy atom. The van der Waals surface area contributed by atoms with Crippen molar-refractivity contribution >= 4 is 35.4 Å². The average molecular weight is 823 g/mol. The lowest BCUT2D eigenvalue weighted by molar-refractivity contribution is -0.129. The first-order chi connectivity index (χ1) is 27.3. The summed E-state index contributed by atoms with van der Waals surface area (Å²) < 4.78 is 38.1.